The van der Waals surface area contributed by atoms with Crippen molar-refractivity contribution < 1.29 is 0 Å². The van der Waals surface area contributed by atoms with Gasteiger partial charge in [0.05, 0.1) is 11.9 Å². The molecule has 3 nitrogen and oxygen atoms in total. The van der Waals surface area contributed by atoms with Crippen molar-refractivity contribution in [2.24, 2.45) is 15.9 Å². The molecule has 4 heteroatoms. The van der Waals surface area contributed by atoms with Gasteiger partial charge in [-0.2, -0.15) is 5.10 Å². The second kappa shape index (κ2) is 4.62. The zero-order valence-electron chi connectivity index (χ0n) is 7.24. The van der Waals surface area contributed by atoms with Crippen molar-refractivity contribution in [3.8, 4) is 0 Å². The molecule has 1 aromatic carbocycles. The Balaban J connectivity index is 2.93. The number of hydrazone groups is 1. The number of nitrogens with zero attached hydrogens (tertiary/aromatic N) is 2. The average molecular weight is 196 g/mol. The number of hydrogen-bond donors (Lipinski definition) is 1. The highest BCUT2D eigenvalue weighted by Gasteiger charge is 1.95. The summed E-state index contributed by atoms with van der Waals surface area (Å²) in [5.41, 5.74) is 1.89. The van der Waals surface area contributed by atoms with E-state index in [1.165, 1.54) is 12.4 Å². The van der Waals surface area contributed by atoms with Gasteiger partial charge in [0, 0.05) is 11.2 Å². The third kappa shape index (κ3) is 2.87. The number of halogens is 1. The van der Waals surface area contributed by atoms with Crippen LogP contribution in [-0.2, 0) is 0 Å². The summed E-state index contributed by atoms with van der Waals surface area (Å²) < 4.78 is 0. The van der Waals surface area contributed by atoms with Crippen LogP contribution < -0.4 is 5.84 Å². The lowest BCUT2D eigenvalue weighted by atomic mass is 10.2. The van der Waals surface area contributed by atoms with Crippen LogP contribution in [0, 0.1) is 6.92 Å². The number of benzene rings is 1. The van der Waals surface area contributed by atoms with E-state index in [4.69, 9.17) is 17.4 Å². The summed E-state index contributed by atoms with van der Waals surface area (Å²) in [6.07, 6.45) is 2.94. The van der Waals surface area contributed by atoms with Crippen molar-refractivity contribution in [2.75, 3.05) is 0 Å². The molecule has 0 unspecified atom stereocenters. The monoisotopic (exact) mass is 195 g/mol. The minimum atomic E-state index is 0.669. The molecule has 0 aromatic heterocycles. The lowest BCUT2D eigenvalue weighted by molar-refractivity contribution is 1.27. The molecule has 0 radical (unpaired) electrons. The van der Waals surface area contributed by atoms with E-state index in [1.807, 2.05) is 19.1 Å². The van der Waals surface area contributed by atoms with Crippen LogP contribution in [0.1, 0.15) is 5.56 Å². The Morgan fingerprint density at radius 3 is 2.85 bits per heavy atom. The van der Waals surface area contributed by atoms with Gasteiger partial charge in [-0.15, -0.1) is 0 Å². The second-order valence-electron chi connectivity index (χ2n) is 2.51. The first-order valence-electron chi connectivity index (χ1n) is 3.76. The quantitative estimate of drug-likeness (QED) is 0.440. The standard InChI is InChI=1S/C9H10ClN3/c1-7-2-3-8(10)6-9(7)12-4-5-13-11/h2-6H,11H2,1H3/b12-4?,13-5-. The Morgan fingerprint density at radius 2 is 2.15 bits per heavy atom. The third-order valence-electron chi connectivity index (χ3n) is 1.54. The summed E-state index contributed by atoms with van der Waals surface area (Å²) in [4.78, 5) is 4.12. The summed E-state index contributed by atoms with van der Waals surface area (Å²) in [7, 11) is 0. The molecule has 0 aliphatic heterocycles. The van der Waals surface area contributed by atoms with Gasteiger partial charge in [-0.25, -0.2) is 0 Å². The predicted octanol–water partition coefficient (Wildman–Crippen LogP) is 2.30. The zero-order chi connectivity index (χ0) is 9.68. The van der Waals surface area contributed by atoms with E-state index in [2.05, 4.69) is 10.1 Å². The summed E-state index contributed by atoms with van der Waals surface area (Å²) in [6.45, 7) is 1.96. The Kier molecular flexibility index (Phi) is 3.46. The molecule has 13 heavy (non-hydrogen) atoms. The number of hydrogen-bond acceptors (Lipinski definition) is 3. The Bertz CT molecular complexity index is 345. The SMILES string of the molecule is Cc1ccc(Cl)cc1N=C/C=N\N. The van der Waals surface area contributed by atoms with E-state index in [9.17, 15) is 0 Å². The topological polar surface area (TPSA) is 50.7 Å². The lowest BCUT2D eigenvalue weighted by Gasteiger charge is -1.98. The molecule has 0 atom stereocenters. The van der Waals surface area contributed by atoms with Crippen LogP contribution in [0.2, 0.25) is 5.02 Å². The van der Waals surface area contributed by atoms with Gasteiger partial charge in [0.1, 0.15) is 0 Å². The maximum atomic E-state index is 5.80. The van der Waals surface area contributed by atoms with Crippen LogP contribution >= 0.6 is 11.6 Å². The maximum Gasteiger partial charge on any atom is 0.0674 e. The molecule has 0 aliphatic rings. The molecule has 0 bridgehead atoms. The van der Waals surface area contributed by atoms with Crippen LogP contribution in [0.3, 0.4) is 0 Å². The van der Waals surface area contributed by atoms with Gasteiger partial charge in [0.15, 0.2) is 0 Å². The zero-order valence-corrected chi connectivity index (χ0v) is 7.99. The second-order valence-corrected chi connectivity index (χ2v) is 2.94. The fourth-order valence-electron chi connectivity index (χ4n) is 0.874. The van der Waals surface area contributed by atoms with E-state index in [0.29, 0.717) is 5.02 Å². The predicted molar refractivity (Wildman–Crippen MR) is 57.0 cm³/mol. The Hall–Kier alpha value is -1.35. The van der Waals surface area contributed by atoms with Gasteiger partial charge in [0.2, 0.25) is 0 Å². The van der Waals surface area contributed by atoms with Crippen LogP contribution in [0.5, 0.6) is 0 Å². The number of nitrogens with two attached hydrogens (primary N) is 1. The van der Waals surface area contributed by atoms with Crippen LogP contribution in [0.15, 0.2) is 28.3 Å². The molecule has 0 aliphatic carbocycles. The van der Waals surface area contributed by atoms with Crippen molar-refractivity contribution >= 4 is 29.7 Å². The molecular weight excluding hydrogens is 186 g/mol. The maximum absolute atomic E-state index is 5.80. The number of rotatable bonds is 2. The minimum absolute atomic E-state index is 0.669. The first-order chi connectivity index (χ1) is 6.24. The van der Waals surface area contributed by atoms with Crippen molar-refractivity contribution in [1.82, 2.24) is 0 Å². The molecule has 68 valence electrons. The van der Waals surface area contributed by atoms with E-state index >= 15 is 0 Å². The summed E-state index contributed by atoms with van der Waals surface area (Å²) >= 11 is 5.80. The van der Waals surface area contributed by atoms with Crippen LogP contribution in [0.25, 0.3) is 0 Å². The average Bonchev–Trinajstić information content (AvgIpc) is 2.11. The summed E-state index contributed by atoms with van der Waals surface area (Å²) in [5.74, 6) is 4.91. The van der Waals surface area contributed by atoms with Crippen LogP contribution in [0.4, 0.5) is 5.69 Å². The third-order valence-corrected chi connectivity index (χ3v) is 1.77. The largest absolute Gasteiger partial charge is 0.323 e. The molecule has 2 N–H and O–H groups in total. The summed E-state index contributed by atoms with van der Waals surface area (Å²) in [5, 5.41) is 3.96. The first-order valence-corrected chi connectivity index (χ1v) is 4.14. The van der Waals surface area contributed by atoms with E-state index < -0.39 is 0 Å². The van der Waals surface area contributed by atoms with E-state index in [-0.39, 0.29) is 0 Å². The molecule has 1 aromatic rings. The van der Waals surface area contributed by atoms with Gasteiger partial charge >= 0.3 is 0 Å². The van der Waals surface area contributed by atoms with Gasteiger partial charge in [-0.05, 0) is 24.6 Å². The smallest absolute Gasteiger partial charge is 0.0674 e. The molecule has 0 amide bonds. The highest BCUT2D eigenvalue weighted by atomic mass is 35.5. The highest BCUT2D eigenvalue weighted by molar-refractivity contribution is 6.30. The van der Waals surface area contributed by atoms with Crippen molar-refractivity contribution in [2.45, 2.75) is 6.92 Å². The van der Waals surface area contributed by atoms with Crippen molar-refractivity contribution in [3.05, 3.63) is 28.8 Å². The van der Waals surface area contributed by atoms with Gasteiger partial charge < -0.3 is 5.84 Å². The van der Waals surface area contributed by atoms with E-state index in [1.54, 1.807) is 6.07 Å². The molecule has 0 fully saturated rings. The van der Waals surface area contributed by atoms with Gasteiger partial charge in [-0.3, -0.25) is 4.99 Å². The Morgan fingerprint density at radius 1 is 1.38 bits per heavy atom. The number of aliphatic imine (C=N–C) groups is 1. The van der Waals surface area contributed by atoms with Crippen molar-refractivity contribution in [3.63, 3.8) is 0 Å². The van der Waals surface area contributed by atoms with Crippen LogP contribution in [-0.4, -0.2) is 12.4 Å². The molecule has 0 heterocycles. The lowest BCUT2D eigenvalue weighted by Crippen LogP contribution is -1.83. The fraction of sp³-hybridized carbons (Fsp3) is 0.111. The highest BCUT2D eigenvalue weighted by Crippen LogP contribution is 2.22. The number of aryl methyl sites for hydroxylation is 1. The fourth-order valence-corrected chi connectivity index (χ4v) is 1.04. The minimum Gasteiger partial charge on any atom is -0.323 e. The molecule has 0 spiro atoms. The molecule has 0 saturated carbocycles. The van der Waals surface area contributed by atoms with E-state index in [0.717, 1.165) is 11.3 Å². The molecular formula is C9H10ClN3. The Labute approximate surface area is 81.9 Å². The van der Waals surface area contributed by atoms with Crippen molar-refractivity contribution in [1.29, 1.82) is 0 Å². The first kappa shape index (κ1) is 9.74. The molecule has 1 rings (SSSR count). The van der Waals surface area contributed by atoms with Gasteiger partial charge in [-0.1, -0.05) is 17.7 Å². The normalized spacial score (nSPS) is 11.5. The summed E-state index contributed by atoms with van der Waals surface area (Å²) in [6, 6.07) is 5.53. The van der Waals surface area contributed by atoms with Gasteiger partial charge in [0.25, 0.3) is 0 Å². The molecule has 0 saturated heterocycles.